The SMILES string of the molecule is CCC1=C(CC)SC(=c2ccc3cc(=C(C#N)C#N)ccc3c2)S1. The van der Waals surface area contributed by atoms with Crippen LogP contribution in [0.3, 0.4) is 0 Å². The molecule has 24 heavy (non-hydrogen) atoms. The van der Waals surface area contributed by atoms with E-state index in [4.69, 9.17) is 10.5 Å². The minimum atomic E-state index is 0.154. The molecule has 0 aliphatic carbocycles. The van der Waals surface area contributed by atoms with Crippen LogP contribution in [0.2, 0.25) is 0 Å². The van der Waals surface area contributed by atoms with Gasteiger partial charge in [0.25, 0.3) is 0 Å². The molecule has 2 aromatic rings. The normalized spacial score (nSPS) is 13.9. The van der Waals surface area contributed by atoms with Gasteiger partial charge in [0.05, 0.1) is 4.24 Å². The smallest absolute Gasteiger partial charge is 0.136 e. The second kappa shape index (κ2) is 7.18. The van der Waals surface area contributed by atoms with Crippen LogP contribution in [0.25, 0.3) is 20.6 Å². The molecule has 0 radical (unpaired) electrons. The summed E-state index contributed by atoms with van der Waals surface area (Å²) in [7, 11) is 0. The lowest BCUT2D eigenvalue weighted by Crippen LogP contribution is -2.05. The predicted octanol–water partition coefficient (Wildman–Crippen LogP) is 4.61. The highest BCUT2D eigenvalue weighted by Gasteiger charge is 2.18. The monoisotopic (exact) mass is 348 g/mol. The van der Waals surface area contributed by atoms with Crippen molar-refractivity contribution in [2.24, 2.45) is 0 Å². The van der Waals surface area contributed by atoms with Gasteiger partial charge >= 0.3 is 0 Å². The molecule has 0 amide bonds. The number of hydrogen-bond donors (Lipinski definition) is 0. The van der Waals surface area contributed by atoms with Crippen LogP contribution in [0, 0.1) is 22.7 Å². The highest BCUT2D eigenvalue weighted by atomic mass is 32.2. The van der Waals surface area contributed by atoms with Gasteiger partial charge in [-0.25, -0.2) is 0 Å². The van der Waals surface area contributed by atoms with Gasteiger partial charge in [-0.15, -0.1) is 0 Å². The molecule has 0 bridgehead atoms. The average molecular weight is 348 g/mol. The number of hydrogen-bond acceptors (Lipinski definition) is 4. The topological polar surface area (TPSA) is 47.6 Å². The lowest BCUT2D eigenvalue weighted by Gasteiger charge is -2.01. The first-order valence-electron chi connectivity index (χ1n) is 7.86. The number of benzene rings is 2. The zero-order chi connectivity index (χ0) is 17.1. The van der Waals surface area contributed by atoms with Crippen molar-refractivity contribution in [2.75, 3.05) is 0 Å². The van der Waals surface area contributed by atoms with Crippen molar-refractivity contribution in [1.29, 1.82) is 10.5 Å². The first-order chi connectivity index (χ1) is 11.7. The van der Waals surface area contributed by atoms with Crippen LogP contribution < -0.4 is 10.4 Å². The maximum absolute atomic E-state index is 9.01. The first-order valence-corrected chi connectivity index (χ1v) is 9.49. The number of rotatable bonds is 2. The highest BCUT2D eigenvalue weighted by molar-refractivity contribution is 8.35. The molecular formula is C20H16N2S2. The van der Waals surface area contributed by atoms with Gasteiger partial charge < -0.3 is 0 Å². The van der Waals surface area contributed by atoms with Crippen molar-refractivity contribution in [3.05, 3.63) is 56.6 Å². The third-order valence-corrected chi connectivity index (χ3v) is 7.01. The second-order valence-corrected chi connectivity index (χ2v) is 7.89. The van der Waals surface area contributed by atoms with Gasteiger partial charge in [-0.2, -0.15) is 10.5 Å². The Labute approximate surface area is 150 Å². The molecule has 0 unspecified atom stereocenters. The summed E-state index contributed by atoms with van der Waals surface area (Å²) in [4.78, 5) is 2.96. The van der Waals surface area contributed by atoms with Crippen molar-refractivity contribution < 1.29 is 0 Å². The third-order valence-electron chi connectivity index (χ3n) is 3.97. The molecular weight excluding hydrogens is 332 g/mol. The summed E-state index contributed by atoms with van der Waals surface area (Å²) < 4.78 is 1.34. The molecule has 0 aromatic heterocycles. The molecule has 3 rings (SSSR count). The maximum Gasteiger partial charge on any atom is 0.136 e. The Kier molecular flexibility index (Phi) is 5.00. The lowest BCUT2D eigenvalue weighted by atomic mass is 10.1. The van der Waals surface area contributed by atoms with Crippen LogP contribution in [0.5, 0.6) is 0 Å². The van der Waals surface area contributed by atoms with Gasteiger partial charge in [-0.3, -0.25) is 0 Å². The molecule has 0 N–H and O–H groups in total. The second-order valence-electron chi connectivity index (χ2n) is 5.42. The van der Waals surface area contributed by atoms with E-state index in [-0.39, 0.29) is 5.57 Å². The molecule has 0 spiro atoms. The highest BCUT2D eigenvalue weighted by Crippen LogP contribution is 2.51. The first kappa shape index (κ1) is 16.7. The molecule has 118 valence electrons. The maximum atomic E-state index is 9.01. The Morgan fingerprint density at radius 2 is 1.46 bits per heavy atom. The van der Waals surface area contributed by atoms with Crippen molar-refractivity contribution in [2.45, 2.75) is 26.7 Å². The van der Waals surface area contributed by atoms with E-state index in [1.807, 2.05) is 53.9 Å². The van der Waals surface area contributed by atoms with Crippen LogP contribution in [-0.2, 0) is 0 Å². The number of allylic oxidation sites excluding steroid dienone is 2. The Morgan fingerprint density at radius 3 is 2.04 bits per heavy atom. The zero-order valence-corrected chi connectivity index (χ0v) is 15.2. The zero-order valence-electron chi connectivity index (χ0n) is 13.6. The van der Waals surface area contributed by atoms with Gasteiger partial charge in [0, 0.05) is 5.22 Å². The van der Waals surface area contributed by atoms with Crippen LogP contribution in [-0.4, -0.2) is 0 Å². The predicted molar refractivity (Wildman–Crippen MR) is 104 cm³/mol. The molecule has 4 heteroatoms. The number of fused-ring (bicyclic) bond motifs is 1. The fraction of sp³-hybridized carbons (Fsp3) is 0.200. The van der Waals surface area contributed by atoms with E-state index in [1.54, 1.807) is 0 Å². The Morgan fingerprint density at radius 1 is 0.875 bits per heavy atom. The Balaban J connectivity index is 2.11. The fourth-order valence-electron chi connectivity index (χ4n) is 2.70. The Bertz CT molecular complexity index is 1020. The van der Waals surface area contributed by atoms with Gasteiger partial charge in [-0.05, 0) is 50.8 Å². The minimum absolute atomic E-state index is 0.154. The summed E-state index contributed by atoms with van der Waals surface area (Å²) in [5, 5.41) is 22.1. The van der Waals surface area contributed by atoms with E-state index >= 15 is 0 Å². The van der Waals surface area contributed by atoms with Crippen molar-refractivity contribution in [1.82, 2.24) is 0 Å². The summed E-state index contributed by atoms with van der Waals surface area (Å²) in [6.07, 6.45) is 2.17. The van der Waals surface area contributed by atoms with Crippen molar-refractivity contribution >= 4 is 44.1 Å². The number of nitriles is 2. The van der Waals surface area contributed by atoms with E-state index in [0.717, 1.165) is 23.6 Å². The summed E-state index contributed by atoms with van der Waals surface area (Å²) in [5.41, 5.74) is 0.154. The summed E-state index contributed by atoms with van der Waals surface area (Å²) >= 11 is 3.78. The Hall–Kier alpha value is -2.14. The quantitative estimate of drug-likeness (QED) is 0.795. The molecule has 2 nitrogen and oxygen atoms in total. The summed E-state index contributed by atoms with van der Waals surface area (Å²) in [6, 6.07) is 16.0. The van der Waals surface area contributed by atoms with Gasteiger partial charge in [0.15, 0.2) is 0 Å². The summed E-state index contributed by atoms with van der Waals surface area (Å²) in [5.74, 6) is 0. The molecule has 1 aliphatic rings. The largest absolute Gasteiger partial charge is 0.192 e. The standard InChI is InChI=1S/C20H16N2S2/c1-3-18-19(4-2)24-20(23-18)16-8-7-13-9-15(17(11-21)12-22)6-5-14(13)10-16/h5-10H,3-4H2,1-2H3. The minimum Gasteiger partial charge on any atom is -0.192 e. The van der Waals surface area contributed by atoms with Crippen LogP contribution in [0.15, 0.2) is 46.2 Å². The van der Waals surface area contributed by atoms with E-state index in [1.165, 1.54) is 19.3 Å². The molecule has 0 saturated heterocycles. The van der Waals surface area contributed by atoms with E-state index in [9.17, 15) is 0 Å². The van der Waals surface area contributed by atoms with Crippen molar-refractivity contribution in [3.8, 4) is 12.1 Å². The fourth-order valence-corrected chi connectivity index (χ4v) is 5.46. The molecule has 1 aliphatic heterocycles. The molecule has 0 atom stereocenters. The summed E-state index contributed by atoms with van der Waals surface area (Å²) in [6.45, 7) is 4.42. The van der Waals surface area contributed by atoms with Gasteiger partial charge in [0.1, 0.15) is 17.7 Å². The van der Waals surface area contributed by atoms with Crippen LogP contribution in [0.1, 0.15) is 26.7 Å². The molecule has 2 aromatic carbocycles. The number of nitrogens with zero attached hydrogens (tertiary/aromatic N) is 2. The van der Waals surface area contributed by atoms with Crippen LogP contribution in [0.4, 0.5) is 0 Å². The average Bonchev–Trinajstić information content (AvgIpc) is 3.05. The lowest BCUT2D eigenvalue weighted by molar-refractivity contribution is 1.12. The molecule has 0 fully saturated rings. The van der Waals surface area contributed by atoms with Crippen molar-refractivity contribution in [3.63, 3.8) is 0 Å². The van der Waals surface area contributed by atoms with E-state index < -0.39 is 0 Å². The third kappa shape index (κ3) is 3.08. The molecule has 0 saturated carbocycles. The molecule has 1 heterocycles. The van der Waals surface area contributed by atoms with Crippen LogP contribution >= 0.6 is 23.5 Å². The van der Waals surface area contributed by atoms with E-state index in [2.05, 4.69) is 32.0 Å². The number of thioether (sulfide) groups is 2. The van der Waals surface area contributed by atoms with E-state index in [0.29, 0.717) is 5.22 Å². The van der Waals surface area contributed by atoms with Gasteiger partial charge in [-0.1, -0.05) is 61.6 Å². The van der Waals surface area contributed by atoms with Gasteiger partial charge in [0.2, 0.25) is 0 Å².